The molecule has 6 heteroatoms. The van der Waals surface area contributed by atoms with Crippen molar-refractivity contribution in [1.29, 1.82) is 0 Å². The Morgan fingerprint density at radius 2 is 1.74 bits per heavy atom. The van der Waals surface area contributed by atoms with Gasteiger partial charge < -0.3 is 15.3 Å². The lowest BCUT2D eigenvalue weighted by atomic mass is 10.1. The molecule has 0 amide bonds. The number of hydrogen-bond acceptors (Lipinski definition) is 5. The minimum absolute atomic E-state index is 0.0725. The van der Waals surface area contributed by atoms with E-state index >= 15 is 0 Å². The zero-order valence-electron chi connectivity index (χ0n) is 14.8. The van der Waals surface area contributed by atoms with Crippen molar-refractivity contribution >= 4 is 29.6 Å². The molecule has 2 N–H and O–H groups in total. The summed E-state index contributed by atoms with van der Waals surface area (Å²) in [5.74, 6) is -1.09. The molecular weight excluding hydrogens is 342 g/mol. The highest BCUT2D eigenvalue weighted by Crippen LogP contribution is 2.16. The molecule has 138 valence electrons. The van der Waals surface area contributed by atoms with E-state index < -0.39 is 5.97 Å². The number of carboxylic acids is 1. The zero-order chi connectivity index (χ0) is 19.1. The normalized spacial score (nSPS) is 14.7. The largest absolute Gasteiger partial charge is 0.478 e. The van der Waals surface area contributed by atoms with Crippen LogP contribution in [0.2, 0.25) is 0 Å². The summed E-state index contributed by atoms with van der Waals surface area (Å²) in [4.78, 5) is 29.3. The Labute approximate surface area is 157 Å². The Hall–Kier alpha value is -3.25. The standard InChI is InChI=1S/C21H21N3O3/c25-20(9-2-16-1-5-18(23-15-16)6-10-21(26)27)17-3-7-19(8-4-17)24-13-11-22-12-14-24/h1-10,15,22H,11-14H2,(H,26,27)/b9-2+,10-6+. The molecular formula is C21H21N3O3. The van der Waals surface area contributed by atoms with E-state index in [0.717, 1.165) is 43.5 Å². The number of allylic oxidation sites excluding steroid dienone is 1. The predicted molar refractivity (Wildman–Crippen MR) is 106 cm³/mol. The van der Waals surface area contributed by atoms with E-state index in [1.165, 1.54) is 12.2 Å². The fraction of sp³-hybridized carbons (Fsp3) is 0.190. The number of rotatable bonds is 6. The SMILES string of the molecule is O=C(O)/C=C/c1ccc(/C=C/C(=O)c2ccc(N3CCNCC3)cc2)cn1. The molecule has 0 saturated carbocycles. The van der Waals surface area contributed by atoms with E-state index in [0.29, 0.717) is 11.3 Å². The third kappa shape index (κ3) is 5.36. The topological polar surface area (TPSA) is 82.5 Å². The molecule has 1 aliphatic heterocycles. The number of nitrogens with zero attached hydrogens (tertiary/aromatic N) is 2. The summed E-state index contributed by atoms with van der Waals surface area (Å²) in [5.41, 5.74) is 3.09. The van der Waals surface area contributed by atoms with Gasteiger partial charge in [-0.2, -0.15) is 0 Å². The molecule has 1 saturated heterocycles. The Balaban J connectivity index is 1.61. The highest BCUT2D eigenvalue weighted by molar-refractivity contribution is 6.07. The molecule has 1 fully saturated rings. The van der Waals surface area contributed by atoms with Crippen LogP contribution in [0.25, 0.3) is 12.2 Å². The Morgan fingerprint density at radius 3 is 2.37 bits per heavy atom. The maximum Gasteiger partial charge on any atom is 0.328 e. The Bertz CT molecular complexity index is 849. The molecule has 1 aliphatic rings. The van der Waals surface area contributed by atoms with Gasteiger partial charge >= 0.3 is 5.97 Å². The highest BCUT2D eigenvalue weighted by atomic mass is 16.4. The van der Waals surface area contributed by atoms with Crippen LogP contribution in [0.5, 0.6) is 0 Å². The first-order valence-electron chi connectivity index (χ1n) is 8.77. The first kappa shape index (κ1) is 18.5. The predicted octanol–water partition coefficient (Wildman–Crippen LogP) is 2.49. The fourth-order valence-corrected chi connectivity index (χ4v) is 2.80. The summed E-state index contributed by atoms with van der Waals surface area (Å²) in [5, 5.41) is 11.9. The van der Waals surface area contributed by atoms with E-state index in [1.807, 2.05) is 24.3 Å². The number of aromatic nitrogens is 1. The number of nitrogens with one attached hydrogen (secondary N) is 1. The van der Waals surface area contributed by atoms with E-state index in [1.54, 1.807) is 24.4 Å². The molecule has 1 aromatic carbocycles. The lowest BCUT2D eigenvalue weighted by Crippen LogP contribution is -2.43. The van der Waals surface area contributed by atoms with Crippen LogP contribution in [0, 0.1) is 0 Å². The van der Waals surface area contributed by atoms with Gasteiger partial charge in [-0.25, -0.2) is 4.79 Å². The summed E-state index contributed by atoms with van der Waals surface area (Å²) >= 11 is 0. The first-order chi connectivity index (χ1) is 13.1. The van der Waals surface area contributed by atoms with Crippen LogP contribution in [0.4, 0.5) is 5.69 Å². The van der Waals surface area contributed by atoms with Crippen molar-refractivity contribution < 1.29 is 14.7 Å². The van der Waals surface area contributed by atoms with Crippen LogP contribution in [-0.4, -0.2) is 48.0 Å². The molecule has 1 aromatic heterocycles. The Kier molecular flexibility index (Phi) is 6.12. The molecule has 0 radical (unpaired) electrons. The van der Waals surface area contributed by atoms with Crippen molar-refractivity contribution in [3.8, 4) is 0 Å². The number of aliphatic carboxylic acids is 1. The van der Waals surface area contributed by atoms with E-state index in [-0.39, 0.29) is 5.78 Å². The molecule has 27 heavy (non-hydrogen) atoms. The monoisotopic (exact) mass is 363 g/mol. The maximum atomic E-state index is 12.3. The number of carboxylic acid groups (broad SMARTS) is 1. The van der Waals surface area contributed by atoms with E-state index in [4.69, 9.17) is 5.11 Å². The number of hydrogen-bond donors (Lipinski definition) is 2. The van der Waals surface area contributed by atoms with Crippen molar-refractivity contribution in [1.82, 2.24) is 10.3 Å². The maximum absolute atomic E-state index is 12.3. The second-order valence-electron chi connectivity index (χ2n) is 6.17. The van der Waals surface area contributed by atoms with Gasteiger partial charge in [-0.3, -0.25) is 9.78 Å². The summed E-state index contributed by atoms with van der Waals surface area (Å²) in [6, 6.07) is 11.1. The van der Waals surface area contributed by atoms with Gasteiger partial charge in [0.15, 0.2) is 5.78 Å². The lowest BCUT2D eigenvalue weighted by molar-refractivity contribution is -0.131. The van der Waals surface area contributed by atoms with Gasteiger partial charge in [0.2, 0.25) is 0 Å². The number of carbonyl (C=O) groups is 2. The molecule has 0 aliphatic carbocycles. The number of carbonyl (C=O) groups excluding carboxylic acids is 1. The quantitative estimate of drug-likeness (QED) is 0.606. The lowest BCUT2D eigenvalue weighted by Gasteiger charge is -2.29. The summed E-state index contributed by atoms with van der Waals surface area (Å²) in [6.07, 6.45) is 7.26. The number of piperazine rings is 1. The van der Waals surface area contributed by atoms with Gasteiger partial charge in [-0.05, 0) is 54.1 Å². The minimum Gasteiger partial charge on any atom is -0.478 e. The second-order valence-corrected chi connectivity index (χ2v) is 6.17. The molecule has 0 spiro atoms. The van der Waals surface area contributed by atoms with E-state index in [2.05, 4.69) is 15.2 Å². The van der Waals surface area contributed by atoms with Crippen molar-refractivity contribution in [2.24, 2.45) is 0 Å². The number of benzene rings is 1. The summed E-state index contributed by atoms with van der Waals surface area (Å²) in [6.45, 7) is 3.89. The zero-order valence-corrected chi connectivity index (χ0v) is 14.8. The average Bonchev–Trinajstić information content (AvgIpc) is 2.72. The number of ketones is 1. The molecule has 0 atom stereocenters. The minimum atomic E-state index is -1.02. The van der Waals surface area contributed by atoms with Crippen molar-refractivity contribution in [3.63, 3.8) is 0 Å². The second kappa shape index (κ2) is 8.91. The fourth-order valence-electron chi connectivity index (χ4n) is 2.80. The smallest absolute Gasteiger partial charge is 0.328 e. The Morgan fingerprint density at radius 1 is 1.00 bits per heavy atom. The van der Waals surface area contributed by atoms with Crippen molar-refractivity contribution in [2.75, 3.05) is 31.1 Å². The van der Waals surface area contributed by atoms with Crippen LogP contribution in [-0.2, 0) is 4.79 Å². The van der Waals surface area contributed by atoms with E-state index in [9.17, 15) is 9.59 Å². The van der Waals surface area contributed by atoms with Gasteiger partial charge in [0, 0.05) is 49.7 Å². The summed E-state index contributed by atoms with van der Waals surface area (Å²) < 4.78 is 0. The van der Waals surface area contributed by atoms with Crippen LogP contribution < -0.4 is 10.2 Å². The van der Waals surface area contributed by atoms with Crippen LogP contribution >= 0.6 is 0 Å². The van der Waals surface area contributed by atoms with Crippen LogP contribution in [0.1, 0.15) is 21.6 Å². The average molecular weight is 363 g/mol. The molecule has 3 rings (SSSR count). The van der Waals surface area contributed by atoms with Crippen molar-refractivity contribution in [2.45, 2.75) is 0 Å². The molecule has 2 aromatic rings. The molecule has 0 unspecified atom stereocenters. The molecule has 0 bridgehead atoms. The first-order valence-corrected chi connectivity index (χ1v) is 8.77. The van der Waals surface area contributed by atoms with Crippen molar-refractivity contribution in [3.05, 3.63) is 71.6 Å². The van der Waals surface area contributed by atoms with Gasteiger partial charge in [0.1, 0.15) is 0 Å². The molecule has 6 nitrogen and oxygen atoms in total. The van der Waals surface area contributed by atoms with Gasteiger partial charge in [-0.15, -0.1) is 0 Å². The number of anilines is 1. The van der Waals surface area contributed by atoms with Gasteiger partial charge in [0.05, 0.1) is 5.69 Å². The third-order valence-electron chi connectivity index (χ3n) is 4.27. The summed E-state index contributed by atoms with van der Waals surface area (Å²) in [7, 11) is 0. The van der Waals surface area contributed by atoms with Gasteiger partial charge in [0.25, 0.3) is 0 Å². The van der Waals surface area contributed by atoms with Crippen LogP contribution in [0.15, 0.2) is 54.7 Å². The van der Waals surface area contributed by atoms with Crippen LogP contribution in [0.3, 0.4) is 0 Å². The number of pyridine rings is 1. The third-order valence-corrected chi connectivity index (χ3v) is 4.27. The van der Waals surface area contributed by atoms with Gasteiger partial charge in [-0.1, -0.05) is 6.07 Å². The molecule has 2 heterocycles. The highest BCUT2D eigenvalue weighted by Gasteiger charge is 2.10.